The highest BCUT2D eigenvalue weighted by molar-refractivity contribution is 5.70. The summed E-state index contributed by atoms with van der Waals surface area (Å²) in [5.41, 5.74) is 2.44. The Labute approximate surface area is 125 Å². The molecule has 1 N–H and O–H groups in total. The van der Waals surface area contributed by atoms with Gasteiger partial charge in [0.15, 0.2) is 17.3 Å². The van der Waals surface area contributed by atoms with E-state index >= 15 is 0 Å². The molecule has 1 aromatic heterocycles. The lowest BCUT2D eigenvalue weighted by Gasteiger charge is -2.22. The molecule has 0 fully saturated rings. The highest BCUT2D eigenvalue weighted by atomic mass is 16.5. The van der Waals surface area contributed by atoms with E-state index in [9.17, 15) is 5.11 Å². The van der Waals surface area contributed by atoms with Gasteiger partial charge < -0.3 is 14.4 Å². The van der Waals surface area contributed by atoms with Crippen molar-refractivity contribution in [3.8, 4) is 11.5 Å². The van der Waals surface area contributed by atoms with Gasteiger partial charge in [0.05, 0.1) is 12.8 Å². The molecule has 0 atom stereocenters. The Bertz CT molecular complexity index is 663. The van der Waals surface area contributed by atoms with Gasteiger partial charge in [0.25, 0.3) is 0 Å². The Morgan fingerprint density at radius 1 is 1.19 bits per heavy atom. The number of hydrogen-bond acceptors (Lipinski definition) is 4. The van der Waals surface area contributed by atoms with E-state index in [1.807, 2.05) is 31.2 Å². The van der Waals surface area contributed by atoms with Crippen molar-refractivity contribution in [3.05, 3.63) is 40.8 Å². The van der Waals surface area contributed by atoms with Crippen molar-refractivity contribution in [2.45, 2.75) is 33.1 Å². The predicted molar refractivity (Wildman–Crippen MR) is 83.5 cm³/mol. The Morgan fingerprint density at radius 3 is 2.43 bits per heavy atom. The first-order valence-corrected chi connectivity index (χ1v) is 6.84. The van der Waals surface area contributed by atoms with Crippen LogP contribution < -0.4 is 4.74 Å². The molecule has 1 heterocycles. The van der Waals surface area contributed by atoms with Crippen LogP contribution >= 0.6 is 0 Å². The van der Waals surface area contributed by atoms with Crippen molar-refractivity contribution in [1.29, 1.82) is 0 Å². The van der Waals surface area contributed by atoms with Gasteiger partial charge in [0.1, 0.15) is 0 Å². The lowest BCUT2D eigenvalue weighted by Crippen LogP contribution is -2.12. The minimum Gasteiger partial charge on any atom is -0.504 e. The average Bonchev–Trinajstić information content (AvgIpc) is 2.82. The van der Waals surface area contributed by atoms with Gasteiger partial charge in [0, 0.05) is 11.6 Å². The Morgan fingerprint density at radius 2 is 1.90 bits per heavy atom. The molecule has 0 radical (unpaired) electrons. The summed E-state index contributed by atoms with van der Waals surface area (Å²) in [4.78, 5) is 0. The maximum atomic E-state index is 10.3. The summed E-state index contributed by atoms with van der Waals surface area (Å²) in [7, 11) is 1.55. The molecule has 21 heavy (non-hydrogen) atoms. The molecule has 0 amide bonds. The molecule has 0 aliphatic rings. The third-order valence-electron chi connectivity index (χ3n) is 3.21. The van der Waals surface area contributed by atoms with E-state index in [4.69, 9.17) is 9.26 Å². The molecule has 0 saturated carbocycles. The molecule has 2 aromatic rings. The first-order valence-electron chi connectivity index (χ1n) is 6.84. The van der Waals surface area contributed by atoms with Crippen molar-refractivity contribution < 1.29 is 14.4 Å². The van der Waals surface area contributed by atoms with Crippen LogP contribution in [0.3, 0.4) is 0 Å². The number of nitrogens with zero attached hydrogens (tertiary/aromatic N) is 1. The second kappa shape index (κ2) is 5.64. The van der Waals surface area contributed by atoms with Gasteiger partial charge >= 0.3 is 0 Å². The second-order valence-corrected chi connectivity index (χ2v) is 6.07. The molecule has 0 unspecified atom stereocenters. The van der Waals surface area contributed by atoms with Crippen LogP contribution in [0.25, 0.3) is 12.2 Å². The summed E-state index contributed by atoms with van der Waals surface area (Å²) in [5.74, 6) is 1.35. The normalized spacial score (nSPS) is 12.0. The maximum absolute atomic E-state index is 10.3. The molecule has 4 nitrogen and oxygen atoms in total. The quantitative estimate of drug-likeness (QED) is 0.920. The Balaban J connectivity index is 2.42. The van der Waals surface area contributed by atoms with Crippen LogP contribution in [0.1, 0.15) is 43.4 Å². The van der Waals surface area contributed by atoms with Crippen LogP contribution in [-0.4, -0.2) is 17.4 Å². The molecule has 112 valence electrons. The van der Waals surface area contributed by atoms with Crippen LogP contribution in [0, 0.1) is 6.92 Å². The number of phenols is 1. The Kier molecular flexibility index (Phi) is 4.07. The van der Waals surface area contributed by atoms with Gasteiger partial charge in [-0.2, -0.15) is 0 Å². The van der Waals surface area contributed by atoms with E-state index in [0.717, 1.165) is 16.8 Å². The zero-order valence-corrected chi connectivity index (χ0v) is 13.1. The fourth-order valence-electron chi connectivity index (χ4n) is 2.09. The standard InChI is InChI=1S/C17H21NO3/c1-11-8-13(21-18-11)7-6-12-9-14(17(2,3)4)16(19)15(10-12)20-5/h6-10,19H,1-5H3/b7-6+. The minimum atomic E-state index is -0.177. The molecule has 4 heteroatoms. The van der Waals surface area contributed by atoms with Crippen LogP contribution in [-0.2, 0) is 5.41 Å². The van der Waals surface area contributed by atoms with Crippen molar-refractivity contribution in [1.82, 2.24) is 5.16 Å². The van der Waals surface area contributed by atoms with Gasteiger partial charge in [-0.1, -0.05) is 32.0 Å². The van der Waals surface area contributed by atoms with Crippen LogP contribution in [0.4, 0.5) is 0 Å². The Hall–Kier alpha value is -2.23. The monoisotopic (exact) mass is 287 g/mol. The third kappa shape index (κ3) is 3.45. The summed E-state index contributed by atoms with van der Waals surface area (Å²) in [5, 5.41) is 14.1. The highest BCUT2D eigenvalue weighted by Crippen LogP contribution is 2.39. The van der Waals surface area contributed by atoms with Gasteiger partial charge in [-0.15, -0.1) is 0 Å². The molecule has 0 bridgehead atoms. The van der Waals surface area contributed by atoms with Crippen LogP contribution in [0.5, 0.6) is 11.5 Å². The summed E-state index contributed by atoms with van der Waals surface area (Å²) in [6, 6.07) is 5.61. The summed E-state index contributed by atoms with van der Waals surface area (Å²) >= 11 is 0. The number of aromatic nitrogens is 1. The number of benzene rings is 1. The number of ether oxygens (including phenoxy) is 1. The lowest BCUT2D eigenvalue weighted by molar-refractivity contribution is 0.364. The molecule has 1 aromatic carbocycles. The zero-order chi connectivity index (χ0) is 15.6. The molecule has 0 spiro atoms. The van der Waals surface area contributed by atoms with Crippen molar-refractivity contribution in [2.24, 2.45) is 0 Å². The van der Waals surface area contributed by atoms with Gasteiger partial charge in [-0.05, 0) is 36.1 Å². The van der Waals surface area contributed by atoms with Gasteiger partial charge in [0.2, 0.25) is 0 Å². The largest absolute Gasteiger partial charge is 0.504 e. The fraction of sp³-hybridized carbons (Fsp3) is 0.353. The summed E-state index contributed by atoms with van der Waals surface area (Å²) < 4.78 is 10.4. The number of phenolic OH excluding ortho intramolecular Hbond substituents is 1. The molecule has 0 aliphatic heterocycles. The van der Waals surface area contributed by atoms with Crippen molar-refractivity contribution in [2.75, 3.05) is 7.11 Å². The average molecular weight is 287 g/mol. The van der Waals surface area contributed by atoms with Crippen LogP contribution in [0.2, 0.25) is 0 Å². The van der Waals surface area contributed by atoms with E-state index in [-0.39, 0.29) is 11.2 Å². The smallest absolute Gasteiger partial charge is 0.161 e. The van der Waals surface area contributed by atoms with Crippen molar-refractivity contribution in [3.63, 3.8) is 0 Å². The number of aromatic hydroxyl groups is 1. The van der Waals surface area contributed by atoms with Crippen molar-refractivity contribution >= 4 is 12.2 Å². The molecule has 0 aliphatic carbocycles. The molecular formula is C17H21NO3. The number of rotatable bonds is 3. The summed E-state index contributed by atoms with van der Waals surface area (Å²) in [6.07, 6.45) is 3.76. The van der Waals surface area contributed by atoms with Gasteiger partial charge in [-0.25, -0.2) is 0 Å². The van der Waals surface area contributed by atoms with E-state index in [1.54, 1.807) is 13.2 Å². The number of methoxy groups -OCH3 is 1. The van der Waals surface area contributed by atoms with E-state index in [1.165, 1.54) is 0 Å². The zero-order valence-electron chi connectivity index (χ0n) is 13.1. The molecular weight excluding hydrogens is 266 g/mol. The topological polar surface area (TPSA) is 55.5 Å². The second-order valence-electron chi connectivity index (χ2n) is 6.07. The number of hydrogen-bond donors (Lipinski definition) is 1. The SMILES string of the molecule is COc1cc(/C=C/c2cc(C)no2)cc(C(C)(C)C)c1O. The fourth-order valence-corrected chi connectivity index (χ4v) is 2.09. The maximum Gasteiger partial charge on any atom is 0.161 e. The highest BCUT2D eigenvalue weighted by Gasteiger charge is 2.21. The predicted octanol–water partition coefficient (Wildman–Crippen LogP) is 4.17. The number of aryl methyl sites for hydroxylation is 1. The van der Waals surface area contributed by atoms with Gasteiger partial charge in [-0.3, -0.25) is 0 Å². The molecule has 0 saturated heterocycles. The molecule has 2 rings (SSSR count). The van der Waals surface area contributed by atoms with E-state index in [0.29, 0.717) is 11.5 Å². The lowest BCUT2D eigenvalue weighted by atomic mass is 9.85. The third-order valence-corrected chi connectivity index (χ3v) is 3.21. The first-order chi connectivity index (χ1) is 9.81. The first kappa shape index (κ1) is 15.2. The summed E-state index contributed by atoms with van der Waals surface area (Å²) in [6.45, 7) is 8.03. The van der Waals surface area contributed by atoms with E-state index in [2.05, 4.69) is 25.9 Å². The minimum absolute atomic E-state index is 0.177. The van der Waals surface area contributed by atoms with E-state index < -0.39 is 0 Å². The van der Waals surface area contributed by atoms with Crippen LogP contribution in [0.15, 0.2) is 22.7 Å².